The summed E-state index contributed by atoms with van der Waals surface area (Å²) in [6.45, 7) is 2.94. The highest BCUT2D eigenvalue weighted by atomic mass is 35.5. The highest BCUT2D eigenvalue weighted by Gasteiger charge is 2.34. The summed E-state index contributed by atoms with van der Waals surface area (Å²) in [5.74, 6) is 0. The van der Waals surface area contributed by atoms with Gasteiger partial charge in [-0.15, -0.1) is 24.8 Å². The molecular weight excluding hydrogens is 319 g/mol. The highest BCUT2D eigenvalue weighted by Crippen LogP contribution is 2.28. The molecule has 1 aliphatic heterocycles. The third-order valence-corrected chi connectivity index (χ3v) is 4.70. The average molecular weight is 347 g/mol. The summed E-state index contributed by atoms with van der Waals surface area (Å²) in [4.78, 5) is 2.57. The number of ether oxygens (including phenoxy) is 1. The van der Waals surface area contributed by atoms with Crippen LogP contribution in [0.3, 0.4) is 0 Å². The molecule has 2 fully saturated rings. The van der Waals surface area contributed by atoms with E-state index in [-0.39, 0.29) is 24.8 Å². The maximum absolute atomic E-state index is 6.25. The van der Waals surface area contributed by atoms with Crippen molar-refractivity contribution in [2.45, 2.75) is 56.9 Å². The van der Waals surface area contributed by atoms with E-state index in [9.17, 15) is 0 Å². The standard InChI is InChI=1S/C17H26N2O.2ClH/c18-15-10-11-19(12-15)16-8-4-5-9-17(16)20-13-14-6-2-1-3-7-14;;/h1-3,6-7,15-17H,4-5,8-13,18H2;2*1H/t15-,16-,17-;;/m1../s1. The zero-order valence-electron chi connectivity index (χ0n) is 13.0. The molecule has 1 aromatic rings. The van der Waals surface area contributed by atoms with Crippen molar-refractivity contribution in [1.29, 1.82) is 0 Å². The first-order chi connectivity index (χ1) is 9.83. The van der Waals surface area contributed by atoms with E-state index < -0.39 is 0 Å². The van der Waals surface area contributed by atoms with E-state index in [4.69, 9.17) is 10.5 Å². The first kappa shape index (κ1) is 19.7. The number of benzene rings is 1. The van der Waals surface area contributed by atoms with Gasteiger partial charge >= 0.3 is 0 Å². The zero-order chi connectivity index (χ0) is 13.8. The van der Waals surface area contributed by atoms with Crippen LogP contribution in [0.15, 0.2) is 30.3 Å². The summed E-state index contributed by atoms with van der Waals surface area (Å²) in [7, 11) is 0. The fraction of sp³-hybridized carbons (Fsp3) is 0.647. The molecule has 1 saturated heterocycles. The molecule has 1 heterocycles. The molecule has 0 amide bonds. The molecule has 5 heteroatoms. The van der Waals surface area contributed by atoms with Crippen molar-refractivity contribution in [2.75, 3.05) is 13.1 Å². The Morgan fingerprint density at radius 1 is 1.05 bits per heavy atom. The Bertz CT molecular complexity index is 418. The summed E-state index contributed by atoms with van der Waals surface area (Å²) in [6.07, 6.45) is 6.63. The number of nitrogens with zero attached hydrogens (tertiary/aromatic N) is 1. The molecule has 0 radical (unpaired) electrons. The van der Waals surface area contributed by atoms with Gasteiger partial charge in [0.25, 0.3) is 0 Å². The molecular formula is C17H28Cl2N2O. The van der Waals surface area contributed by atoms with E-state index in [2.05, 4.69) is 35.2 Å². The molecule has 2 aliphatic rings. The molecule has 3 atom stereocenters. The summed E-state index contributed by atoms with van der Waals surface area (Å²) in [5, 5.41) is 0. The fourth-order valence-corrected chi connectivity index (χ4v) is 3.58. The van der Waals surface area contributed by atoms with Crippen molar-refractivity contribution < 1.29 is 4.74 Å². The van der Waals surface area contributed by atoms with E-state index in [0.29, 0.717) is 18.2 Å². The van der Waals surface area contributed by atoms with Crippen molar-refractivity contribution >= 4 is 24.8 Å². The van der Waals surface area contributed by atoms with Crippen molar-refractivity contribution in [3.8, 4) is 0 Å². The van der Waals surface area contributed by atoms with Crippen LogP contribution in [-0.2, 0) is 11.3 Å². The maximum atomic E-state index is 6.25. The van der Waals surface area contributed by atoms with Crippen LogP contribution in [-0.4, -0.2) is 36.2 Å². The Hall–Kier alpha value is -0.320. The van der Waals surface area contributed by atoms with Gasteiger partial charge in [-0.3, -0.25) is 4.90 Å². The fourth-order valence-electron chi connectivity index (χ4n) is 3.58. The molecule has 0 unspecified atom stereocenters. The quantitative estimate of drug-likeness (QED) is 0.907. The van der Waals surface area contributed by atoms with Crippen LogP contribution in [0, 0.1) is 0 Å². The van der Waals surface area contributed by atoms with E-state index in [0.717, 1.165) is 26.1 Å². The molecule has 126 valence electrons. The summed E-state index contributed by atoms with van der Waals surface area (Å²) >= 11 is 0. The first-order valence-electron chi connectivity index (χ1n) is 7.98. The molecule has 22 heavy (non-hydrogen) atoms. The van der Waals surface area contributed by atoms with Gasteiger partial charge in [0.2, 0.25) is 0 Å². The molecule has 1 aliphatic carbocycles. The van der Waals surface area contributed by atoms with Gasteiger partial charge in [-0.25, -0.2) is 0 Å². The Labute approximate surface area is 146 Å². The van der Waals surface area contributed by atoms with E-state index >= 15 is 0 Å². The second-order valence-electron chi connectivity index (χ2n) is 6.23. The third kappa shape index (κ3) is 5.10. The molecule has 0 bridgehead atoms. The average Bonchev–Trinajstić information content (AvgIpc) is 2.93. The van der Waals surface area contributed by atoms with E-state index in [1.165, 1.54) is 31.2 Å². The van der Waals surface area contributed by atoms with Crippen LogP contribution in [0.2, 0.25) is 0 Å². The van der Waals surface area contributed by atoms with E-state index in [1.54, 1.807) is 0 Å². The first-order valence-corrected chi connectivity index (χ1v) is 7.98. The topological polar surface area (TPSA) is 38.5 Å². The maximum Gasteiger partial charge on any atom is 0.0734 e. The second kappa shape index (κ2) is 9.74. The lowest BCUT2D eigenvalue weighted by atomic mass is 9.91. The van der Waals surface area contributed by atoms with Crippen LogP contribution in [0.4, 0.5) is 0 Å². The number of hydrogen-bond acceptors (Lipinski definition) is 3. The molecule has 0 spiro atoms. The highest BCUT2D eigenvalue weighted by molar-refractivity contribution is 5.85. The van der Waals surface area contributed by atoms with Gasteiger partial charge in [0, 0.05) is 25.2 Å². The molecule has 3 rings (SSSR count). The minimum atomic E-state index is 0. The Balaban J connectivity index is 0.00000121. The van der Waals surface area contributed by atoms with Crippen molar-refractivity contribution in [3.05, 3.63) is 35.9 Å². The van der Waals surface area contributed by atoms with E-state index in [1.807, 2.05) is 0 Å². The second-order valence-corrected chi connectivity index (χ2v) is 6.23. The van der Waals surface area contributed by atoms with Crippen molar-refractivity contribution in [1.82, 2.24) is 4.90 Å². The Morgan fingerprint density at radius 2 is 1.77 bits per heavy atom. The minimum absolute atomic E-state index is 0. The van der Waals surface area contributed by atoms with Crippen molar-refractivity contribution in [2.24, 2.45) is 5.73 Å². The van der Waals surface area contributed by atoms with Crippen LogP contribution >= 0.6 is 24.8 Å². The minimum Gasteiger partial charge on any atom is -0.372 e. The monoisotopic (exact) mass is 346 g/mol. The van der Waals surface area contributed by atoms with Gasteiger partial charge in [0.1, 0.15) is 0 Å². The van der Waals surface area contributed by atoms with Gasteiger partial charge in [-0.1, -0.05) is 43.2 Å². The number of hydrogen-bond donors (Lipinski definition) is 1. The summed E-state index contributed by atoms with van der Waals surface area (Å²) in [6, 6.07) is 11.5. The SMILES string of the molecule is Cl.Cl.N[C@@H]1CCN([C@@H]2CCCC[C@H]2OCc2ccccc2)C1. The zero-order valence-corrected chi connectivity index (χ0v) is 14.7. The largest absolute Gasteiger partial charge is 0.372 e. The lowest BCUT2D eigenvalue weighted by Crippen LogP contribution is -2.46. The van der Waals surface area contributed by atoms with Gasteiger partial charge in [-0.2, -0.15) is 0 Å². The Morgan fingerprint density at radius 3 is 2.45 bits per heavy atom. The number of halogens is 2. The normalized spacial score (nSPS) is 28.7. The van der Waals surface area contributed by atoms with Gasteiger partial charge in [0.05, 0.1) is 12.7 Å². The third-order valence-electron chi connectivity index (χ3n) is 4.70. The molecule has 1 aromatic carbocycles. The van der Waals surface area contributed by atoms with Gasteiger partial charge in [-0.05, 0) is 24.8 Å². The molecule has 2 N–H and O–H groups in total. The predicted molar refractivity (Wildman–Crippen MR) is 95.9 cm³/mol. The Kier molecular flexibility index (Phi) is 8.73. The number of likely N-dealkylation sites (tertiary alicyclic amines) is 1. The van der Waals surface area contributed by atoms with Gasteiger partial charge < -0.3 is 10.5 Å². The van der Waals surface area contributed by atoms with Crippen LogP contribution in [0.25, 0.3) is 0 Å². The van der Waals surface area contributed by atoms with Crippen LogP contribution in [0.5, 0.6) is 0 Å². The summed E-state index contributed by atoms with van der Waals surface area (Å²) < 4.78 is 6.25. The lowest BCUT2D eigenvalue weighted by molar-refractivity contribution is -0.0392. The smallest absolute Gasteiger partial charge is 0.0734 e. The number of rotatable bonds is 4. The lowest BCUT2D eigenvalue weighted by Gasteiger charge is -2.37. The van der Waals surface area contributed by atoms with Crippen molar-refractivity contribution in [3.63, 3.8) is 0 Å². The molecule has 1 saturated carbocycles. The molecule has 0 aromatic heterocycles. The van der Waals surface area contributed by atoms with Crippen LogP contribution in [0.1, 0.15) is 37.7 Å². The predicted octanol–water partition coefficient (Wildman–Crippen LogP) is 3.39. The molecule has 3 nitrogen and oxygen atoms in total. The van der Waals surface area contributed by atoms with Crippen LogP contribution < -0.4 is 5.73 Å². The number of nitrogens with two attached hydrogens (primary N) is 1. The summed E-state index contributed by atoms with van der Waals surface area (Å²) in [5.41, 5.74) is 7.33. The van der Waals surface area contributed by atoms with Gasteiger partial charge in [0.15, 0.2) is 0 Å².